The molecule has 2 aliphatic rings. The first-order valence-electron chi connectivity index (χ1n) is 8.27. The zero-order valence-corrected chi connectivity index (χ0v) is 14.3. The lowest BCUT2D eigenvalue weighted by molar-refractivity contribution is -0.164. The van der Waals surface area contributed by atoms with Crippen LogP contribution in [0.15, 0.2) is 53.7 Å². The summed E-state index contributed by atoms with van der Waals surface area (Å²) in [6.45, 7) is 0. The van der Waals surface area contributed by atoms with Crippen molar-refractivity contribution in [3.63, 3.8) is 0 Å². The van der Waals surface area contributed by atoms with Crippen molar-refractivity contribution in [3.8, 4) is 0 Å². The van der Waals surface area contributed by atoms with Crippen LogP contribution in [0.5, 0.6) is 0 Å². The van der Waals surface area contributed by atoms with E-state index in [9.17, 15) is 9.59 Å². The predicted molar refractivity (Wildman–Crippen MR) is 91.2 cm³/mol. The molecule has 0 fully saturated rings. The Morgan fingerprint density at radius 3 is 2.67 bits per heavy atom. The lowest BCUT2D eigenvalue weighted by Crippen LogP contribution is -2.60. The van der Waals surface area contributed by atoms with Gasteiger partial charge in [-0.15, -0.1) is 0 Å². The van der Waals surface area contributed by atoms with Gasteiger partial charge in [0.2, 0.25) is 5.91 Å². The highest BCUT2D eigenvalue weighted by atomic mass is 19.3. The third kappa shape index (κ3) is 2.36. The van der Waals surface area contributed by atoms with Gasteiger partial charge in [0.25, 0.3) is 5.92 Å². The van der Waals surface area contributed by atoms with Gasteiger partial charge in [0, 0.05) is 12.6 Å². The quantitative estimate of drug-likeness (QED) is 0.645. The number of nitrogens with zero attached hydrogens (tertiary/aromatic N) is 2. The molecular formula is C19H15F2N3O3. The van der Waals surface area contributed by atoms with E-state index in [1.54, 1.807) is 36.4 Å². The summed E-state index contributed by atoms with van der Waals surface area (Å²) < 4.78 is 35.4. The lowest BCUT2D eigenvalue weighted by Gasteiger charge is -2.40. The third-order valence-electron chi connectivity index (χ3n) is 4.95. The molecule has 2 unspecified atom stereocenters. The van der Waals surface area contributed by atoms with Gasteiger partial charge in [-0.3, -0.25) is 14.6 Å². The summed E-state index contributed by atoms with van der Waals surface area (Å²) in [6, 6.07) is 11.1. The second-order valence-electron chi connectivity index (χ2n) is 6.43. The van der Waals surface area contributed by atoms with Crippen LogP contribution in [0, 0.1) is 5.92 Å². The molecule has 1 aliphatic carbocycles. The highest BCUT2D eigenvalue weighted by molar-refractivity contribution is 6.14. The van der Waals surface area contributed by atoms with Crippen LogP contribution in [-0.4, -0.2) is 35.7 Å². The average molecular weight is 371 g/mol. The molecule has 27 heavy (non-hydrogen) atoms. The molecular weight excluding hydrogens is 356 g/mol. The van der Waals surface area contributed by atoms with Crippen LogP contribution < -0.4 is 5.32 Å². The molecule has 0 saturated heterocycles. The number of halogens is 2. The Kier molecular flexibility index (Phi) is 3.80. The second kappa shape index (κ2) is 5.94. The van der Waals surface area contributed by atoms with E-state index in [0.29, 0.717) is 5.56 Å². The van der Waals surface area contributed by atoms with Gasteiger partial charge in [0.1, 0.15) is 5.69 Å². The summed E-state index contributed by atoms with van der Waals surface area (Å²) in [7, 11) is 1.06. The van der Waals surface area contributed by atoms with Crippen molar-refractivity contribution in [3.05, 3.63) is 65.5 Å². The number of benzene rings is 1. The summed E-state index contributed by atoms with van der Waals surface area (Å²) >= 11 is 0. The average Bonchev–Trinajstić information content (AvgIpc) is 2.88. The molecule has 1 aromatic carbocycles. The van der Waals surface area contributed by atoms with Gasteiger partial charge in [-0.2, -0.15) is 0 Å². The second-order valence-corrected chi connectivity index (χ2v) is 6.43. The zero-order chi connectivity index (χ0) is 19.2. The SMILES string of the molecule is COC(=O)C1C(=O)NC(c2ccccn2)=NC12c1ccccc1CC2(F)F. The van der Waals surface area contributed by atoms with E-state index in [1.165, 1.54) is 12.3 Å². The number of carbonyl (C=O) groups excluding carboxylic acids is 2. The molecule has 2 atom stereocenters. The van der Waals surface area contributed by atoms with Gasteiger partial charge in [0.05, 0.1) is 7.11 Å². The number of methoxy groups -OCH3 is 1. The predicted octanol–water partition coefficient (Wildman–Crippen LogP) is 1.83. The highest BCUT2D eigenvalue weighted by Gasteiger charge is 2.70. The number of aliphatic imine (C=N–C) groups is 1. The van der Waals surface area contributed by atoms with Gasteiger partial charge in [0.15, 0.2) is 17.3 Å². The number of fused-ring (bicyclic) bond motifs is 2. The number of carbonyl (C=O) groups is 2. The van der Waals surface area contributed by atoms with Gasteiger partial charge in [-0.05, 0) is 23.3 Å². The van der Waals surface area contributed by atoms with E-state index in [4.69, 9.17) is 0 Å². The maximum Gasteiger partial charge on any atom is 0.321 e. The van der Waals surface area contributed by atoms with Crippen LogP contribution >= 0.6 is 0 Å². The molecule has 1 amide bonds. The minimum Gasteiger partial charge on any atom is -0.468 e. The van der Waals surface area contributed by atoms with Crippen LogP contribution in [-0.2, 0) is 26.3 Å². The molecule has 2 heterocycles. The maximum atomic E-state index is 15.4. The Morgan fingerprint density at radius 2 is 1.96 bits per heavy atom. The van der Waals surface area contributed by atoms with Crippen LogP contribution in [0.2, 0.25) is 0 Å². The van der Waals surface area contributed by atoms with Crippen LogP contribution in [0.4, 0.5) is 8.78 Å². The molecule has 0 saturated carbocycles. The molecule has 1 spiro atoms. The Hall–Kier alpha value is -3.16. The van der Waals surface area contributed by atoms with E-state index < -0.39 is 35.7 Å². The van der Waals surface area contributed by atoms with E-state index >= 15 is 8.78 Å². The Balaban J connectivity index is 2.03. The number of rotatable bonds is 2. The lowest BCUT2D eigenvalue weighted by atomic mass is 9.75. The van der Waals surface area contributed by atoms with E-state index in [0.717, 1.165) is 7.11 Å². The number of alkyl halides is 2. The molecule has 8 heteroatoms. The smallest absolute Gasteiger partial charge is 0.321 e. The first kappa shape index (κ1) is 17.3. The van der Waals surface area contributed by atoms with Gasteiger partial charge in [-0.25, -0.2) is 13.8 Å². The molecule has 1 aromatic heterocycles. The number of hydrogen-bond acceptors (Lipinski definition) is 5. The van der Waals surface area contributed by atoms with Crippen molar-refractivity contribution < 1.29 is 23.1 Å². The van der Waals surface area contributed by atoms with Crippen molar-refractivity contribution in [1.29, 1.82) is 0 Å². The Morgan fingerprint density at radius 1 is 1.22 bits per heavy atom. The number of amidine groups is 1. The number of ether oxygens (including phenoxy) is 1. The molecule has 1 aliphatic heterocycles. The summed E-state index contributed by atoms with van der Waals surface area (Å²) in [5.41, 5.74) is -1.66. The molecule has 6 nitrogen and oxygen atoms in total. The Bertz CT molecular complexity index is 962. The van der Waals surface area contributed by atoms with E-state index in [-0.39, 0.29) is 17.1 Å². The molecule has 138 valence electrons. The topological polar surface area (TPSA) is 80.7 Å². The van der Waals surface area contributed by atoms with Gasteiger partial charge < -0.3 is 10.1 Å². The van der Waals surface area contributed by atoms with Crippen LogP contribution in [0.3, 0.4) is 0 Å². The van der Waals surface area contributed by atoms with Crippen LogP contribution in [0.25, 0.3) is 0 Å². The summed E-state index contributed by atoms with van der Waals surface area (Å²) in [5, 5.41) is 2.43. The highest BCUT2D eigenvalue weighted by Crippen LogP contribution is 2.56. The molecule has 1 N–H and O–H groups in total. The standard InChI is InChI=1S/C19H15F2N3O3/c1-27-17(26)14-16(25)23-15(13-8-4-5-9-22-13)24-19(14)12-7-3-2-6-11(12)10-18(19,20)21/h2-9,14H,10H2,1H3,(H,23,24,25). The van der Waals surface area contributed by atoms with Crippen molar-refractivity contribution in [2.75, 3.05) is 7.11 Å². The minimum absolute atomic E-state index is 0.0999. The van der Waals surface area contributed by atoms with Crippen LogP contribution in [0.1, 0.15) is 16.8 Å². The minimum atomic E-state index is -3.46. The monoisotopic (exact) mass is 371 g/mol. The fourth-order valence-corrected chi connectivity index (χ4v) is 3.79. The summed E-state index contributed by atoms with van der Waals surface area (Å²) in [5.74, 6) is -7.33. The van der Waals surface area contributed by atoms with Crippen molar-refractivity contribution in [2.24, 2.45) is 10.9 Å². The van der Waals surface area contributed by atoms with E-state index in [2.05, 4.69) is 20.0 Å². The fourth-order valence-electron chi connectivity index (χ4n) is 3.79. The maximum absolute atomic E-state index is 15.4. The Labute approximate surface area is 153 Å². The molecule has 4 rings (SSSR count). The van der Waals surface area contributed by atoms with Gasteiger partial charge >= 0.3 is 5.97 Å². The summed E-state index contributed by atoms with van der Waals surface area (Å²) in [4.78, 5) is 33.5. The molecule has 2 aromatic rings. The van der Waals surface area contributed by atoms with Crippen molar-refractivity contribution in [2.45, 2.75) is 17.9 Å². The number of esters is 1. The first-order valence-corrected chi connectivity index (χ1v) is 8.27. The first-order chi connectivity index (χ1) is 12.9. The number of hydrogen-bond donors (Lipinski definition) is 1. The van der Waals surface area contributed by atoms with Crippen molar-refractivity contribution >= 4 is 17.7 Å². The number of nitrogens with one attached hydrogen (secondary N) is 1. The van der Waals surface area contributed by atoms with Crippen molar-refractivity contribution in [1.82, 2.24) is 10.3 Å². The van der Waals surface area contributed by atoms with E-state index in [1.807, 2.05) is 0 Å². The summed E-state index contributed by atoms with van der Waals surface area (Å²) in [6.07, 6.45) is 0.840. The normalized spacial score (nSPS) is 25.5. The van der Waals surface area contributed by atoms with Gasteiger partial charge in [-0.1, -0.05) is 30.3 Å². The number of pyridine rings is 1. The number of aromatic nitrogens is 1. The largest absolute Gasteiger partial charge is 0.468 e. The third-order valence-corrected chi connectivity index (χ3v) is 4.95. The number of amides is 1. The molecule has 0 bridgehead atoms. The fraction of sp³-hybridized carbons (Fsp3) is 0.263. The molecule has 0 radical (unpaired) electrons. The zero-order valence-electron chi connectivity index (χ0n) is 14.3.